The monoisotopic (exact) mass is 360 g/mol. The summed E-state index contributed by atoms with van der Waals surface area (Å²) in [6.45, 7) is 4.60. The average Bonchev–Trinajstić information content (AvgIpc) is 2.42. The molecule has 0 radical (unpaired) electrons. The van der Waals surface area contributed by atoms with Crippen molar-refractivity contribution in [3.05, 3.63) is 26.3 Å². The number of aromatic nitrogens is 2. The molecule has 0 bridgehead atoms. The summed E-state index contributed by atoms with van der Waals surface area (Å²) >= 11 is 7.71. The van der Waals surface area contributed by atoms with Crippen LogP contribution in [0.1, 0.15) is 56.3 Å². The van der Waals surface area contributed by atoms with E-state index in [0.29, 0.717) is 0 Å². The number of halogens is 1. The zero-order valence-electron chi connectivity index (χ0n) is 12.5. The molecule has 0 saturated heterocycles. The second-order valence-electron chi connectivity index (χ2n) is 5.23. The largest absolute Gasteiger partial charge is 0.348 e. The molecule has 0 N–H and O–H groups in total. The molecule has 0 atom stereocenters. The molecule has 0 aliphatic rings. The number of thiol groups is 1. The lowest BCUT2D eigenvalue weighted by atomic mass is 10.1. The number of aryl methyl sites for hydroxylation is 1. The van der Waals surface area contributed by atoms with E-state index in [2.05, 4.69) is 33.5 Å². The van der Waals surface area contributed by atoms with Gasteiger partial charge in [0.2, 0.25) is 0 Å². The summed E-state index contributed by atoms with van der Waals surface area (Å²) < 4.78 is 2.72. The van der Waals surface area contributed by atoms with Gasteiger partial charge in [-0.25, -0.2) is 4.79 Å². The highest BCUT2D eigenvalue weighted by Crippen LogP contribution is 2.17. The average molecular weight is 361 g/mol. The zero-order chi connectivity index (χ0) is 15.0. The Labute approximate surface area is 135 Å². The maximum Gasteiger partial charge on any atom is 0.348 e. The van der Waals surface area contributed by atoms with Crippen molar-refractivity contribution < 1.29 is 0 Å². The molecular formula is C15H25BrN2OS. The van der Waals surface area contributed by atoms with Gasteiger partial charge in [0, 0.05) is 12.2 Å². The van der Waals surface area contributed by atoms with E-state index < -0.39 is 0 Å². The van der Waals surface area contributed by atoms with Crippen molar-refractivity contribution >= 4 is 28.6 Å². The fourth-order valence-corrected chi connectivity index (χ4v) is 2.83. The van der Waals surface area contributed by atoms with Crippen molar-refractivity contribution in [1.29, 1.82) is 0 Å². The van der Waals surface area contributed by atoms with Crippen LogP contribution in [0.4, 0.5) is 0 Å². The molecule has 0 spiro atoms. The van der Waals surface area contributed by atoms with Crippen LogP contribution >= 0.6 is 28.6 Å². The standard InChI is InChI=1S/C15H25BrN2OS/c1-12-14(16)13(2)18(15(19)17-12)10-8-6-4-3-5-7-9-11-20/h20H,3-11H2,1-2H3. The van der Waals surface area contributed by atoms with Crippen LogP contribution in [-0.2, 0) is 6.54 Å². The van der Waals surface area contributed by atoms with Gasteiger partial charge in [0.25, 0.3) is 0 Å². The lowest BCUT2D eigenvalue weighted by Crippen LogP contribution is -2.26. The maximum absolute atomic E-state index is 11.9. The molecule has 1 rings (SSSR count). The van der Waals surface area contributed by atoms with E-state index in [-0.39, 0.29) is 5.69 Å². The lowest BCUT2D eigenvalue weighted by Gasteiger charge is -2.11. The second-order valence-corrected chi connectivity index (χ2v) is 6.47. The van der Waals surface area contributed by atoms with Gasteiger partial charge in [-0.05, 0) is 48.4 Å². The molecule has 20 heavy (non-hydrogen) atoms. The van der Waals surface area contributed by atoms with Gasteiger partial charge in [-0.15, -0.1) is 0 Å². The summed E-state index contributed by atoms with van der Waals surface area (Å²) in [6.07, 6.45) is 8.58. The third-order valence-electron chi connectivity index (χ3n) is 3.57. The normalized spacial score (nSPS) is 11.0. The van der Waals surface area contributed by atoms with Crippen molar-refractivity contribution in [2.24, 2.45) is 0 Å². The van der Waals surface area contributed by atoms with Gasteiger partial charge in [-0.2, -0.15) is 17.6 Å². The number of nitrogens with zero attached hydrogens (tertiary/aromatic N) is 2. The number of rotatable bonds is 9. The zero-order valence-corrected chi connectivity index (χ0v) is 15.0. The Kier molecular flexibility index (Phi) is 8.53. The highest BCUT2D eigenvalue weighted by Gasteiger charge is 2.08. The predicted octanol–water partition coefficient (Wildman–Crippen LogP) is 4.28. The highest BCUT2D eigenvalue weighted by atomic mass is 79.9. The fourth-order valence-electron chi connectivity index (χ4n) is 2.31. The Morgan fingerprint density at radius 3 is 2.20 bits per heavy atom. The molecule has 5 heteroatoms. The molecule has 0 saturated carbocycles. The first-order valence-electron chi connectivity index (χ1n) is 7.42. The summed E-state index contributed by atoms with van der Waals surface area (Å²) in [4.78, 5) is 15.9. The molecule has 0 unspecified atom stereocenters. The van der Waals surface area contributed by atoms with E-state index in [1.54, 1.807) is 4.57 Å². The minimum Gasteiger partial charge on any atom is -0.295 e. The second kappa shape index (κ2) is 9.61. The molecule has 0 aromatic carbocycles. The van der Waals surface area contributed by atoms with Gasteiger partial charge < -0.3 is 0 Å². The van der Waals surface area contributed by atoms with E-state index in [4.69, 9.17) is 0 Å². The molecule has 1 aromatic heterocycles. The van der Waals surface area contributed by atoms with Crippen LogP contribution in [0.25, 0.3) is 0 Å². The lowest BCUT2D eigenvalue weighted by molar-refractivity contribution is 0.529. The summed E-state index contributed by atoms with van der Waals surface area (Å²) in [6, 6.07) is 0. The summed E-state index contributed by atoms with van der Waals surface area (Å²) in [7, 11) is 0. The van der Waals surface area contributed by atoms with Crippen molar-refractivity contribution in [1.82, 2.24) is 9.55 Å². The van der Waals surface area contributed by atoms with Gasteiger partial charge in [0.05, 0.1) is 10.2 Å². The van der Waals surface area contributed by atoms with Crippen LogP contribution in [0.15, 0.2) is 9.27 Å². The Balaban J connectivity index is 2.33. The van der Waals surface area contributed by atoms with E-state index in [1.807, 2.05) is 13.8 Å². The first-order chi connectivity index (χ1) is 9.57. The van der Waals surface area contributed by atoms with Gasteiger partial charge in [0.1, 0.15) is 0 Å². The Morgan fingerprint density at radius 2 is 1.60 bits per heavy atom. The molecule has 114 valence electrons. The number of hydrogen-bond acceptors (Lipinski definition) is 3. The molecule has 0 aliphatic heterocycles. The number of unbranched alkanes of at least 4 members (excludes halogenated alkanes) is 6. The topological polar surface area (TPSA) is 34.9 Å². The van der Waals surface area contributed by atoms with Crippen LogP contribution in [0.5, 0.6) is 0 Å². The molecule has 0 aliphatic carbocycles. The van der Waals surface area contributed by atoms with Crippen LogP contribution in [-0.4, -0.2) is 15.3 Å². The third kappa shape index (κ3) is 5.60. The highest BCUT2D eigenvalue weighted by molar-refractivity contribution is 9.10. The van der Waals surface area contributed by atoms with Gasteiger partial charge in [0.15, 0.2) is 0 Å². The minimum atomic E-state index is -0.128. The quantitative estimate of drug-likeness (QED) is 0.526. The Morgan fingerprint density at radius 1 is 1.05 bits per heavy atom. The number of hydrogen-bond donors (Lipinski definition) is 1. The molecular weight excluding hydrogens is 336 g/mol. The van der Waals surface area contributed by atoms with Crippen LogP contribution in [0.2, 0.25) is 0 Å². The van der Waals surface area contributed by atoms with Crippen molar-refractivity contribution in [3.8, 4) is 0 Å². The molecule has 0 amide bonds. The first kappa shape index (κ1) is 17.8. The predicted molar refractivity (Wildman–Crippen MR) is 91.8 cm³/mol. The molecule has 1 heterocycles. The van der Waals surface area contributed by atoms with E-state index in [1.165, 1.54) is 38.5 Å². The Bertz CT molecular complexity index is 474. The van der Waals surface area contributed by atoms with Gasteiger partial charge in [-0.3, -0.25) is 4.57 Å². The van der Waals surface area contributed by atoms with Gasteiger partial charge >= 0.3 is 5.69 Å². The SMILES string of the molecule is Cc1nc(=O)n(CCCCCCCCCS)c(C)c1Br. The van der Waals surface area contributed by atoms with Crippen LogP contribution < -0.4 is 5.69 Å². The van der Waals surface area contributed by atoms with Crippen molar-refractivity contribution in [2.45, 2.75) is 65.3 Å². The molecule has 3 nitrogen and oxygen atoms in total. The van der Waals surface area contributed by atoms with E-state index >= 15 is 0 Å². The van der Waals surface area contributed by atoms with Crippen molar-refractivity contribution in [2.75, 3.05) is 5.75 Å². The van der Waals surface area contributed by atoms with Crippen LogP contribution in [0, 0.1) is 13.8 Å². The summed E-state index contributed by atoms with van der Waals surface area (Å²) in [5.74, 6) is 0.998. The smallest absolute Gasteiger partial charge is 0.295 e. The van der Waals surface area contributed by atoms with Gasteiger partial charge in [-0.1, -0.05) is 32.1 Å². The first-order valence-corrected chi connectivity index (χ1v) is 8.85. The van der Waals surface area contributed by atoms with E-state index in [0.717, 1.165) is 34.6 Å². The van der Waals surface area contributed by atoms with Crippen molar-refractivity contribution in [3.63, 3.8) is 0 Å². The minimum absolute atomic E-state index is 0.128. The summed E-state index contributed by atoms with van der Waals surface area (Å²) in [5.41, 5.74) is 1.63. The molecule has 1 aromatic rings. The third-order valence-corrected chi connectivity index (χ3v) is 5.04. The van der Waals surface area contributed by atoms with Crippen LogP contribution in [0.3, 0.4) is 0 Å². The fraction of sp³-hybridized carbons (Fsp3) is 0.733. The molecule has 0 fully saturated rings. The maximum atomic E-state index is 11.9. The van der Waals surface area contributed by atoms with E-state index in [9.17, 15) is 4.79 Å². The summed E-state index contributed by atoms with van der Waals surface area (Å²) in [5, 5.41) is 0. The Hall–Kier alpha value is -0.290.